The van der Waals surface area contributed by atoms with Crippen molar-refractivity contribution >= 4 is 12.0 Å². The molecule has 2 atom stereocenters. The van der Waals surface area contributed by atoms with E-state index in [1.165, 1.54) is 0 Å². The number of amides is 2. The number of aliphatic carboxylic acids is 1. The Morgan fingerprint density at radius 1 is 1.11 bits per heavy atom. The van der Waals surface area contributed by atoms with E-state index < -0.39 is 17.9 Å². The number of rotatable bonds is 5. The van der Waals surface area contributed by atoms with Gasteiger partial charge in [0.05, 0.1) is 5.92 Å². The van der Waals surface area contributed by atoms with Crippen molar-refractivity contribution in [3.63, 3.8) is 0 Å². The maximum absolute atomic E-state index is 11.9. The highest BCUT2D eigenvalue weighted by Gasteiger charge is 2.28. The predicted molar refractivity (Wildman–Crippen MR) is 76.1 cm³/mol. The maximum Gasteiger partial charge on any atom is 0.315 e. The van der Waals surface area contributed by atoms with Crippen molar-refractivity contribution in [3.05, 3.63) is 0 Å². The zero-order chi connectivity index (χ0) is 15.4. The third kappa shape index (κ3) is 7.70. The van der Waals surface area contributed by atoms with Crippen molar-refractivity contribution in [2.24, 2.45) is 11.3 Å². The van der Waals surface area contributed by atoms with E-state index in [0.29, 0.717) is 0 Å². The molecule has 0 bridgehead atoms. The number of carboxylic acid groups (broad SMARTS) is 1. The van der Waals surface area contributed by atoms with Crippen molar-refractivity contribution in [1.82, 2.24) is 10.6 Å². The highest BCUT2D eigenvalue weighted by molar-refractivity contribution is 5.77. The number of urea groups is 1. The van der Waals surface area contributed by atoms with Gasteiger partial charge in [0.2, 0.25) is 0 Å². The second kappa shape index (κ2) is 6.26. The molecule has 0 aliphatic rings. The summed E-state index contributed by atoms with van der Waals surface area (Å²) in [5.74, 6) is -1.53. The Balaban J connectivity index is 4.42. The van der Waals surface area contributed by atoms with Gasteiger partial charge in [-0.2, -0.15) is 0 Å². The summed E-state index contributed by atoms with van der Waals surface area (Å²) in [6, 6.07) is -0.738. The molecular weight excluding hydrogens is 244 g/mol. The van der Waals surface area contributed by atoms with Crippen molar-refractivity contribution in [2.75, 3.05) is 0 Å². The van der Waals surface area contributed by atoms with Crippen molar-refractivity contribution in [2.45, 2.75) is 66.5 Å². The van der Waals surface area contributed by atoms with Crippen LogP contribution in [0.1, 0.15) is 54.9 Å². The molecule has 0 saturated heterocycles. The van der Waals surface area contributed by atoms with Crippen LogP contribution in [-0.4, -0.2) is 28.7 Å². The minimum atomic E-state index is -0.915. The van der Waals surface area contributed by atoms with Gasteiger partial charge in [-0.25, -0.2) is 4.79 Å². The Morgan fingerprint density at radius 3 is 1.95 bits per heavy atom. The van der Waals surface area contributed by atoms with Gasteiger partial charge in [0, 0.05) is 11.6 Å². The number of nitrogens with one attached hydrogen (secondary N) is 2. The molecule has 0 aromatic carbocycles. The Kier molecular flexibility index (Phi) is 5.84. The molecule has 0 aliphatic carbocycles. The Hall–Kier alpha value is -1.26. The summed E-state index contributed by atoms with van der Waals surface area (Å²) in [6.45, 7) is 13.5. The summed E-state index contributed by atoms with van der Waals surface area (Å²) in [5, 5.41) is 14.4. The molecule has 0 heterocycles. The molecule has 3 N–H and O–H groups in total. The lowest BCUT2D eigenvalue weighted by molar-refractivity contribution is -0.141. The molecular formula is C14H28N2O3. The Morgan fingerprint density at radius 2 is 1.58 bits per heavy atom. The molecule has 5 nitrogen and oxygen atoms in total. The van der Waals surface area contributed by atoms with Gasteiger partial charge in [-0.05, 0) is 39.5 Å². The molecule has 0 aliphatic heterocycles. The number of hydrogen-bond acceptors (Lipinski definition) is 2. The van der Waals surface area contributed by atoms with Gasteiger partial charge < -0.3 is 15.7 Å². The first-order valence-electron chi connectivity index (χ1n) is 6.65. The van der Waals surface area contributed by atoms with Crippen LogP contribution in [0, 0.1) is 11.3 Å². The lowest BCUT2D eigenvalue weighted by atomic mass is 9.82. The highest BCUT2D eigenvalue weighted by Crippen LogP contribution is 2.26. The van der Waals surface area contributed by atoms with E-state index >= 15 is 0 Å². The molecule has 5 heteroatoms. The third-order valence-corrected chi connectivity index (χ3v) is 2.92. The van der Waals surface area contributed by atoms with E-state index in [-0.39, 0.29) is 17.0 Å². The lowest BCUT2D eigenvalue weighted by Crippen LogP contribution is -2.53. The number of carbonyl (C=O) groups is 2. The highest BCUT2D eigenvalue weighted by atomic mass is 16.4. The number of hydrogen-bond donors (Lipinski definition) is 3. The molecule has 0 aromatic heterocycles. The fourth-order valence-electron chi connectivity index (χ4n) is 2.26. The molecule has 2 unspecified atom stereocenters. The van der Waals surface area contributed by atoms with Gasteiger partial charge in [0.1, 0.15) is 0 Å². The molecule has 0 spiro atoms. The van der Waals surface area contributed by atoms with Gasteiger partial charge in [0.15, 0.2) is 0 Å². The minimum absolute atomic E-state index is 0.108. The molecule has 0 rings (SSSR count). The van der Waals surface area contributed by atoms with Crippen LogP contribution in [0.2, 0.25) is 0 Å². The summed E-state index contributed by atoms with van der Waals surface area (Å²) >= 11 is 0. The SMILES string of the molecule is CC(NC(=O)NC(C)(C)CC(C)(C)C)C(C)C(=O)O. The van der Waals surface area contributed by atoms with Gasteiger partial charge in [-0.1, -0.05) is 20.8 Å². The number of carbonyl (C=O) groups excluding carboxylic acids is 1. The van der Waals surface area contributed by atoms with E-state index in [1.54, 1.807) is 13.8 Å². The second-order valence-electron chi connectivity index (χ2n) is 7.14. The van der Waals surface area contributed by atoms with Crippen LogP contribution >= 0.6 is 0 Å². The first kappa shape index (κ1) is 17.7. The average molecular weight is 272 g/mol. The van der Waals surface area contributed by atoms with Crippen LogP contribution in [-0.2, 0) is 4.79 Å². The van der Waals surface area contributed by atoms with Crippen LogP contribution < -0.4 is 10.6 Å². The molecule has 0 saturated carbocycles. The molecule has 0 aromatic rings. The standard InChI is InChI=1S/C14H28N2O3/c1-9(11(17)18)10(2)15-12(19)16-14(6,7)8-13(3,4)5/h9-10H,8H2,1-7H3,(H,17,18)(H2,15,16,19). The van der Waals surface area contributed by atoms with E-state index in [1.807, 2.05) is 13.8 Å². The fraction of sp³-hybridized carbons (Fsp3) is 0.857. The van der Waals surface area contributed by atoms with Crippen LogP contribution in [0.4, 0.5) is 4.79 Å². The van der Waals surface area contributed by atoms with Crippen molar-refractivity contribution < 1.29 is 14.7 Å². The van der Waals surface area contributed by atoms with Crippen LogP contribution in [0.3, 0.4) is 0 Å². The van der Waals surface area contributed by atoms with Gasteiger partial charge in [-0.3, -0.25) is 4.79 Å². The summed E-state index contributed by atoms with van der Waals surface area (Å²) in [7, 11) is 0. The Bertz CT molecular complexity index is 332. The lowest BCUT2D eigenvalue weighted by Gasteiger charge is -2.34. The largest absolute Gasteiger partial charge is 0.481 e. The quantitative estimate of drug-likeness (QED) is 0.720. The number of carboxylic acids is 1. The van der Waals surface area contributed by atoms with Crippen molar-refractivity contribution in [1.29, 1.82) is 0 Å². The monoisotopic (exact) mass is 272 g/mol. The zero-order valence-corrected chi connectivity index (χ0v) is 13.1. The first-order valence-corrected chi connectivity index (χ1v) is 6.65. The maximum atomic E-state index is 11.9. The Labute approximate surface area is 116 Å². The normalized spacial score (nSPS) is 15.5. The molecule has 112 valence electrons. The summed E-state index contributed by atoms with van der Waals surface area (Å²) in [5.41, 5.74) is -0.231. The molecule has 0 fully saturated rings. The third-order valence-electron chi connectivity index (χ3n) is 2.92. The van der Waals surface area contributed by atoms with E-state index in [0.717, 1.165) is 6.42 Å². The molecule has 19 heavy (non-hydrogen) atoms. The predicted octanol–water partition coefficient (Wildman–Crippen LogP) is 2.61. The zero-order valence-electron chi connectivity index (χ0n) is 13.1. The first-order chi connectivity index (χ1) is 8.34. The van der Waals surface area contributed by atoms with E-state index in [9.17, 15) is 9.59 Å². The smallest absolute Gasteiger partial charge is 0.315 e. The fourth-order valence-corrected chi connectivity index (χ4v) is 2.26. The van der Waals surface area contributed by atoms with Gasteiger partial charge in [-0.15, -0.1) is 0 Å². The van der Waals surface area contributed by atoms with Crippen LogP contribution in [0.5, 0.6) is 0 Å². The molecule has 2 amide bonds. The van der Waals surface area contributed by atoms with E-state index in [2.05, 4.69) is 31.4 Å². The minimum Gasteiger partial charge on any atom is -0.481 e. The topological polar surface area (TPSA) is 78.4 Å². The van der Waals surface area contributed by atoms with E-state index in [4.69, 9.17) is 5.11 Å². The molecule has 0 radical (unpaired) electrons. The van der Waals surface area contributed by atoms with Crippen molar-refractivity contribution in [3.8, 4) is 0 Å². The summed E-state index contributed by atoms with van der Waals surface area (Å²) in [6.07, 6.45) is 0.830. The van der Waals surface area contributed by atoms with Crippen LogP contribution in [0.25, 0.3) is 0 Å². The second-order valence-corrected chi connectivity index (χ2v) is 7.14. The van der Waals surface area contributed by atoms with Gasteiger partial charge in [0.25, 0.3) is 0 Å². The summed E-state index contributed by atoms with van der Waals surface area (Å²) in [4.78, 5) is 22.7. The van der Waals surface area contributed by atoms with Crippen LogP contribution in [0.15, 0.2) is 0 Å². The average Bonchev–Trinajstić information content (AvgIpc) is 2.10. The van der Waals surface area contributed by atoms with Gasteiger partial charge >= 0.3 is 12.0 Å². The summed E-state index contributed by atoms with van der Waals surface area (Å²) < 4.78 is 0.